The van der Waals surface area contributed by atoms with Crippen molar-refractivity contribution in [2.24, 2.45) is 0 Å². The van der Waals surface area contributed by atoms with Gasteiger partial charge in [0, 0.05) is 38.3 Å². The number of β-amino-alcohol motifs (C(OH)–C–C–N with tert-alkyl or cyclic N) is 1. The first-order chi connectivity index (χ1) is 11.7. The lowest BCUT2D eigenvalue weighted by molar-refractivity contribution is 0.0555. The van der Waals surface area contributed by atoms with E-state index in [1.165, 1.54) is 24.3 Å². The second kappa shape index (κ2) is 7.91. The number of nitrogens with zero attached hydrogens (tertiary/aromatic N) is 2. The predicted octanol–water partition coefficient (Wildman–Crippen LogP) is -0.609. The number of amides is 1. The van der Waals surface area contributed by atoms with Crippen molar-refractivity contribution in [1.82, 2.24) is 9.80 Å². The number of carboxylic acids is 1. The van der Waals surface area contributed by atoms with Gasteiger partial charge in [0.15, 0.2) is 0 Å². The third kappa shape index (κ3) is 5.78. The lowest BCUT2D eigenvalue weighted by Crippen LogP contribution is -2.51. The Balaban J connectivity index is 1.86. The van der Waals surface area contributed by atoms with Crippen molar-refractivity contribution in [2.45, 2.75) is 6.10 Å². The number of rotatable bonds is 6. The molecule has 1 heterocycles. The number of carbonyl (C=O) groups excluding carboxylic acids is 1. The minimum absolute atomic E-state index is 0.0924. The molecule has 0 aromatic heterocycles. The first-order valence-corrected chi connectivity index (χ1v) is 9.25. The molecule has 0 radical (unpaired) electrons. The lowest BCUT2D eigenvalue weighted by atomic mass is 10.1. The SMILES string of the molecule is O=C(O)c1ccc(C(=O)N2CCN(C[C@@H](O)CS(=O)(=O)O)CC2)cc1. The highest BCUT2D eigenvalue weighted by atomic mass is 32.2. The molecule has 1 aliphatic rings. The zero-order chi connectivity index (χ0) is 18.6. The fraction of sp³-hybridized carbons (Fsp3) is 0.467. The molecule has 1 amide bonds. The Kier molecular flexibility index (Phi) is 6.11. The molecule has 1 fully saturated rings. The van der Waals surface area contributed by atoms with Crippen LogP contribution in [0.4, 0.5) is 0 Å². The number of benzene rings is 1. The highest BCUT2D eigenvalue weighted by molar-refractivity contribution is 7.85. The molecule has 0 bridgehead atoms. The summed E-state index contributed by atoms with van der Waals surface area (Å²) in [4.78, 5) is 26.6. The maximum atomic E-state index is 12.4. The fourth-order valence-electron chi connectivity index (χ4n) is 2.67. The second-order valence-electron chi connectivity index (χ2n) is 5.88. The molecule has 0 spiro atoms. The third-order valence-electron chi connectivity index (χ3n) is 3.91. The van der Waals surface area contributed by atoms with Crippen LogP contribution in [0.15, 0.2) is 24.3 Å². The average molecular weight is 372 g/mol. The van der Waals surface area contributed by atoms with Gasteiger partial charge in [-0.3, -0.25) is 14.2 Å². The van der Waals surface area contributed by atoms with Crippen molar-refractivity contribution in [2.75, 3.05) is 38.5 Å². The van der Waals surface area contributed by atoms with Gasteiger partial charge in [0.25, 0.3) is 16.0 Å². The summed E-state index contributed by atoms with van der Waals surface area (Å²) in [6.07, 6.45) is -1.19. The molecule has 9 nitrogen and oxygen atoms in total. The fourth-order valence-corrected chi connectivity index (χ4v) is 3.26. The van der Waals surface area contributed by atoms with Gasteiger partial charge in [0.1, 0.15) is 5.75 Å². The number of aromatic carboxylic acids is 1. The van der Waals surface area contributed by atoms with E-state index in [1.807, 2.05) is 4.90 Å². The maximum Gasteiger partial charge on any atom is 0.335 e. The number of hydrogen-bond acceptors (Lipinski definition) is 6. The average Bonchev–Trinajstić information content (AvgIpc) is 2.53. The normalized spacial score (nSPS) is 17.3. The molecule has 1 aliphatic heterocycles. The number of carbonyl (C=O) groups is 2. The van der Waals surface area contributed by atoms with Crippen LogP contribution >= 0.6 is 0 Å². The van der Waals surface area contributed by atoms with Gasteiger partial charge in [0.05, 0.1) is 11.7 Å². The molecule has 25 heavy (non-hydrogen) atoms. The van der Waals surface area contributed by atoms with Gasteiger partial charge in [-0.2, -0.15) is 8.42 Å². The summed E-state index contributed by atoms with van der Waals surface area (Å²) in [7, 11) is -4.23. The molecule has 1 atom stereocenters. The Morgan fingerprint density at radius 1 is 1.04 bits per heavy atom. The van der Waals surface area contributed by atoms with E-state index < -0.39 is 27.9 Å². The summed E-state index contributed by atoms with van der Waals surface area (Å²) in [5, 5.41) is 18.5. The van der Waals surface area contributed by atoms with Crippen LogP contribution in [0.3, 0.4) is 0 Å². The number of hydrogen-bond donors (Lipinski definition) is 3. The molecule has 0 unspecified atom stereocenters. The first-order valence-electron chi connectivity index (χ1n) is 7.64. The van der Waals surface area contributed by atoms with Crippen LogP contribution in [0.5, 0.6) is 0 Å². The zero-order valence-corrected chi connectivity index (χ0v) is 14.2. The number of piperazine rings is 1. The molecule has 1 aromatic rings. The summed E-state index contributed by atoms with van der Waals surface area (Å²) in [5.41, 5.74) is 0.499. The predicted molar refractivity (Wildman–Crippen MR) is 88.2 cm³/mol. The van der Waals surface area contributed by atoms with E-state index >= 15 is 0 Å². The van der Waals surface area contributed by atoms with E-state index in [0.717, 1.165) is 0 Å². The van der Waals surface area contributed by atoms with Crippen LogP contribution in [0.1, 0.15) is 20.7 Å². The van der Waals surface area contributed by atoms with E-state index in [-0.39, 0.29) is 18.0 Å². The van der Waals surface area contributed by atoms with Gasteiger partial charge in [-0.15, -0.1) is 0 Å². The Morgan fingerprint density at radius 2 is 1.56 bits per heavy atom. The van der Waals surface area contributed by atoms with Crippen LogP contribution < -0.4 is 0 Å². The monoisotopic (exact) mass is 372 g/mol. The van der Waals surface area contributed by atoms with Gasteiger partial charge in [-0.05, 0) is 24.3 Å². The minimum Gasteiger partial charge on any atom is -0.478 e. The van der Waals surface area contributed by atoms with E-state index in [4.69, 9.17) is 9.66 Å². The zero-order valence-electron chi connectivity index (χ0n) is 13.4. The summed E-state index contributed by atoms with van der Waals surface area (Å²) in [6, 6.07) is 5.68. The van der Waals surface area contributed by atoms with Crippen LogP contribution in [-0.2, 0) is 10.1 Å². The van der Waals surface area contributed by atoms with Crippen molar-refractivity contribution in [3.05, 3.63) is 35.4 Å². The maximum absolute atomic E-state index is 12.4. The number of aliphatic hydroxyl groups excluding tert-OH is 1. The van der Waals surface area contributed by atoms with Crippen molar-refractivity contribution in [3.63, 3.8) is 0 Å². The largest absolute Gasteiger partial charge is 0.478 e. The number of carboxylic acid groups (broad SMARTS) is 1. The van der Waals surface area contributed by atoms with Gasteiger partial charge in [0.2, 0.25) is 0 Å². The molecule has 2 rings (SSSR count). The topological polar surface area (TPSA) is 135 Å². The second-order valence-corrected chi connectivity index (χ2v) is 7.37. The van der Waals surface area contributed by atoms with Gasteiger partial charge >= 0.3 is 5.97 Å². The number of aliphatic hydroxyl groups is 1. The molecule has 138 valence electrons. The van der Waals surface area contributed by atoms with Crippen molar-refractivity contribution in [1.29, 1.82) is 0 Å². The molecular weight excluding hydrogens is 352 g/mol. The highest BCUT2D eigenvalue weighted by Crippen LogP contribution is 2.11. The molecule has 1 aromatic carbocycles. The first kappa shape index (κ1) is 19.3. The van der Waals surface area contributed by atoms with E-state index in [9.17, 15) is 23.1 Å². The Labute approximate surface area is 145 Å². The van der Waals surface area contributed by atoms with E-state index in [2.05, 4.69) is 0 Å². The lowest BCUT2D eigenvalue weighted by Gasteiger charge is -2.35. The summed E-state index contributed by atoms with van der Waals surface area (Å²) < 4.78 is 30.2. The van der Waals surface area contributed by atoms with Crippen LogP contribution in [0.25, 0.3) is 0 Å². The summed E-state index contributed by atoms with van der Waals surface area (Å²) >= 11 is 0. The Hall–Kier alpha value is -2.01. The third-order valence-corrected chi connectivity index (χ3v) is 4.72. The van der Waals surface area contributed by atoms with Crippen LogP contribution in [0, 0.1) is 0 Å². The van der Waals surface area contributed by atoms with E-state index in [0.29, 0.717) is 31.7 Å². The molecule has 0 saturated carbocycles. The Bertz CT molecular complexity index is 725. The molecule has 1 saturated heterocycles. The molecule has 0 aliphatic carbocycles. The summed E-state index contributed by atoms with van der Waals surface area (Å²) in [5.74, 6) is -1.99. The van der Waals surface area contributed by atoms with Gasteiger partial charge in [-0.25, -0.2) is 4.79 Å². The van der Waals surface area contributed by atoms with Crippen molar-refractivity contribution < 1.29 is 32.8 Å². The van der Waals surface area contributed by atoms with Gasteiger partial charge < -0.3 is 15.1 Å². The van der Waals surface area contributed by atoms with Crippen molar-refractivity contribution in [3.8, 4) is 0 Å². The molecule has 10 heteroatoms. The van der Waals surface area contributed by atoms with Crippen LogP contribution in [-0.4, -0.2) is 89.4 Å². The minimum atomic E-state index is -4.23. The van der Waals surface area contributed by atoms with E-state index in [1.54, 1.807) is 4.90 Å². The highest BCUT2D eigenvalue weighted by Gasteiger charge is 2.24. The Morgan fingerprint density at radius 3 is 2.04 bits per heavy atom. The van der Waals surface area contributed by atoms with Gasteiger partial charge in [-0.1, -0.05) is 0 Å². The standard InChI is InChI=1S/C15H20N2O7S/c18-13(10-25(22,23)24)9-16-5-7-17(8-6-16)14(19)11-1-3-12(4-2-11)15(20)21/h1-4,13,18H,5-10H2,(H,20,21)(H,22,23,24)/t13-/m1/s1. The molecule has 3 N–H and O–H groups in total. The van der Waals surface area contributed by atoms with Crippen molar-refractivity contribution >= 4 is 22.0 Å². The smallest absolute Gasteiger partial charge is 0.335 e. The summed E-state index contributed by atoms with van der Waals surface area (Å²) in [6.45, 7) is 1.81. The molecular formula is C15H20N2O7S. The quantitative estimate of drug-likeness (QED) is 0.563. The van der Waals surface area contributed by atoms with Crippen LogP contribution in [0.2, 0.25) is 0 Å².